The molecule has 110 valence electrons. The lowest BCUT2D eigenvalue weighted by atomic mass is 9.98. The highest BCUT2D eigenvalue weighted by atomic mass is 127. The van der Waals surface area contributed by atoms with Crippen LogP contribution in [0.15, 0.2) is 48.5 Å². The van der Waals surface area contributed by atoms with E-state index in [1.807, 2.05) is 31.2 Å². The van der Waals surface area contributed by atoms with Gasteiger partial charge >= 0.3 is 0 Å². The average Bonchev–Trinajstić information content (AvgIpc) is 2.47. The largest absolute Gasteiger partial charge is 0.310 e. The Balaban J connectivity index is 2.31. The first-order valence-electron chi connectivity index (χ1n) is 6.83. The molecule has 0 saturated heterocycles. The second-order valence-corrected chi connectivity index (χ2v) is 6.00. The number of nitrogens with zero attached hydrogens (tertiary/aromatic N) is 1. The van der Waals surface area contributed by atoms with Crippen molar-refractivity contribution in [2.75, 3.05) is 6.54 Å². The van der Waals surface area contributed by atoms with Gasteiger partial charge in [0.15, 0.2) is 0 Å². The van der Waals surface area contributed by atoms with Crippen LogP contribution in [0, 0.1) is 13.7 Å². The monoisotopic (exact) mass is 396 g/mol. The molecule has 1 N–H and O–H groups in total. The molecule has 0 radical (unpaired) electrons. The molecule has 5 heteroatoms. The molecule has 2 aromatic carbocycles. The lowest BCUT2D eigenvalue weighted by Gasteiger charge is -2.18. The minimum atomic E-state index is -0.312. The van der Waals surface area contributed by atoms with Crippen molar-refractivity contribution in [1.29, 1.82) is 0 Å². The van der Waals surface area contributed by atoms with Crippen LogP contribution in [0.2, 0.25) is 0 Å². The van der Waals surface area contributed by atoms with Crippen molar-refractivity contribution in [3.8, 4) is 0 Å². The molecule has 0 saturated carbocycles. The Morgan fingerprint density at radius 1 is 1.24 bits per heavy atom. The maximum absolute atomic E-state index is 11.1. The smallest absolute Gasteiger partial charge is 0.272 e. The van der Waals surface area contributed by atoms with Gasteiger partial charge in [-0.25, -0.2) is 0 Å². The van der Waals surface area contributed by atoms with Gasteiger partial charge in [0.1, 0.15) is 0 Å². The molecule has 0 aliphatic heterocycles. The molecular formula is C16H17IN2O2. The second-order valence-electron chi connectivity index (χ2n) is 4.76. The highest BCUT2D eigenvalue weighted by molar-refractivity contribution is 14.1. The zero-order valence-electron chi connectivity index (χ0n) is 11.8. The number of nitro groups is 1. The maximum atomic E-state index is 11.1. The summed E-state index contributed by atoms with van der Waals surface area (Å²) in [5, 5.41) is 14.6. The Hall–Kier alpha value is -1.47. The Kier molecular flexibility index (Phi) is 5.69. The predicted octanol–water partition coefficient (Wildman–Crippen LogP) is 4.09. The van der Waals surface area contributed by atoms with Crippen LogP contribution >= 0.6 is 22.6 Å². The van der Waals surface area contributed by atoms with Crippen molar-refractivity contribution < 1.29 is 4.92 Å². The molecule has 4 nitrogen and oxygen atoms in total. The topological polar surface area (TPSA) is 55.2 Å². The van der Waals surface area contributed by atoms with E-state index < -0.39 is 0 Å². The number of halogens is 1. The molecule has 21 heavy (non-hydrogen) atoms. The number of likely N-dealkylation sites (N-methyl/N-ethyl adjacent to an activating group) is 1. The number of hydrogen-bond donors (Lipinski definition) is 1. The summed E-state index contributed by atoms with van der Waals surface area (Å²) in [6.45, 7) is 2.86. The van der Waals surface area contributed by atoms with Gasteiger partial charge in [0, 0.05) is 21.2 Å². The summed E-state index contributed by atoms with van der Waals surface area (Å²) in [5.41, 5.74) is 2.10. The Morgan fingerprint density at radius 2 is 2.00 bits per heavy atom. The van der Waals surface area contributed by atoms with Crippen LogP contribution in [0.25, 0.3) is 0 Å². The molecule has 0 spiro atoms. The first kappa shape index (κ1) is 15.9. The highest BCUT2D eigenvalue weighted by Gasteiger charge is 2.18. The minimum absolute atomic E-state index is 0.0748. The summed E-state index contributed by atoms with van der Waals surface area (Å²) >= 11 is 2.28. The summed E-state index contributed by atoms with van der Waals surface area (Å²) in [5.74, 6) is 0. The van der Waals surface area contributed by atoms with Gasteiger partial charge in [-0.1, -0.05) is 37.3 Å². The first-order chi connectivity index (χ1) is 10.1. The van der Waals surface area contributed by atoms with E-state index in [2.05, 4.69) is 40.0 Å². The number of nitro benzene ring substituents is 1. The van der Waals surface area contributed by atoms with E-state index in [0.717, 1.165) is 21.2 Å². The van der Waals surface area contributed by atoms with Crippen LogP contribution < -0.4 is 5.32 Å². The Bertz CT molecular complexity index is 631. The van der Waals surface area contributed by atoms with Crippen molar-refractivity contribution in [2.24, 2.45) is 0 Å². The molecule has 0 aliphatic carbocycles. The summed E-state index contributed by atoms with van der Waals surface area (Å²) in [6, 6.07) is 15.2. The van der Waals surface area contributed by atoms with Crippen molar-refractivity contribution in [3.05, 3.63) is 73.3 Å². The quantitative estimate of drug-likeness (QED) is 0.455. The van der Waals surface area contributed by atoms with Gasteiger partial charge in [0.05, 0.1) is 4.92 Å². The first-order valence-corrected chi connectivity index (χ1v) is 7.91. The van der Waals surface area contributed by atoms with Gasteiger partial charge in [-0.2, -0.15) is 0 Å². The summed E-state index contributed by atoms with van der Waals surface area (Å²) in [6.07, 6.45) is 0.602. The van der Waals surface area contributed by atoms with Crippen LogP contribution in [0.3, 0.4) is 0 Å². The molecule has 0 heterocycles. The normalized spacial score (nSPS) is 12.1. The van der Waals surface area contributed by atoms with E-state index in [4.69, 9.17) is 0 Å². The lowest BCUT2D eigenvalue weighted by molar-refractivity contribution is -0.385. The maximum Gasteiger partial charge on any atom is 0.272 e. The number of nitrogens with one attached hydrogen (secondary N) is 1. The third-order valence-electron chi connectivity index (χ3n) is 3.31. The molecule has 1 atom stereocenters. The zero-order chi connectivity index (χ0) is 15.2. The number of rotatable bonds is 6. The standard InChI is InChI=1S/C16H17IN2O2/c1-2-18-15(12-7-5-8-14(17)10-12)11-13-6-3-4-9-16(13)19(20)21/h3-10,15,18H,2,11H2,1H3. The summed E-state index contributed by atoms with van der Waals surface area (Å²) < 4.78 is 1.16. The van der Waals surface area contributed by atoms with E-state index in [0.29, 0.717) is 6.42 Å². The van der Waals surface area contributed by atoms with Crippen molar-refractivity contribution in [1.82, 2.24) is 5.32 Å². The molecule has 0 fully saturated rings. The van der Waals surface area contributed by atoms with Crippen LogP contribution in [0.5, 0.6) is 0 Å². The number of hydrogen-bond acceptors (Lipinski definition) is 3. The van der Waals surface area contributed by atoms with Crippen molar-refractivity contribution >= 4 is 28.3 Å². The fraction of sp³-hybridized carbons (Fsp3) is 0.250. The van der Waals surface area contributed by atoms with Gasteiger partial charge < -0.3 is 5.32 Å². The van der Waals surface area contributed by atoms with Crippen molar-refractivity contribution in [3.63, 3.8) is 0 Å². The van der Waals surface area contributed by atoms with Crippen molar-refractivity contribution in [2.45, 2.75) is 19.4 Å². The molecule has 2 rings (SSSR count). The minimum Gasteiger partial charge on any atom is -0.310 e. The van der Waals surface area contributed by atoms with E-state index in [-0.39, 0.29) is 16.7 Å². The van der Waals surface area contributed by atoms with Gasteiger partial charge in [0.25, 0.3) is 5.69 Å². The molecule has 1 unspecified atom stereocenters. The van der Waals surface area contributed by atoms with Gasteiger partial charge in [0.2, 0.25) is 0 Å². The van der Waals surface area contributed by atoms with Crippen LogP contribution in [-0.4, -0.2) is 11.5 Å². The third-order valence-corrected chi connectivity index (χ3v) is 3.98. The van der Waals surface area contributed by atoms with Gasteiger partial charge in [-0.3, -0.25) is 10.1 Å². The predicted molar refractivity (Wildman–Crippen MR) is 92.4 cm³/mol. The van der Waals surface area contributed by atoms with E-state index in [9.17, 15) is 10.1 Å². The molecule has 0 aliphatic rings. The highest BCUT2D eigenvalue weighted by Crippen LogP contribution is 2.25. The van der Waals surface area contributed by atoms with E-state index >= 15 is 0 Å². The Labute approximate surface area is 137 Å². The third kappa shape index (κ3) is 4.25. The SMILES string of the molecule is CCNC(Cc1ccccc1[N+](=O)[O-])c1cccc(I)c1. The number of para-hydroxylation sites is 1. The van der Waals surface area contributed by atoms with Gasteiger partial charge in [-0.05, 0) is 53.3 Å². The van der Waals surface area contributed by atoms with Gasteiger partial charge in [-0.15, -0.1) is 0 Å². The van der Waals surface area contributed by atoms with E-state index in [1.54, 1.807) is 12.1 Å². The molecule has 0 aromatic heterocycles. The number of benzene rings is 2. The van der Waals surface area contributed by atoms with Crippen LogP contribution in [0.1, 0.15) is 24.1 Å². The Morgan fingerprint density at radius 3 is 2.67 bits per heavy atom. The van der Waals surface area contributed by atoms with Crippen LogP contribution in [-0.2, 0) is 6.42 Å². The zero-order valence-corrected chi connectivity index (χ0v) is 13.9. The molecule has 0 bridgehead atoms. The molecule has 2 aromatic rings. The fourth-order valence-corrected chi connectivity index (χ4v) is 2.93. The molecule has 0 amide bonds. The van der Waals surface area contributed by atoms with Crippen LogP contribution in [0.4, 0.5) is 5.69 Å². The average molecular weight is 396 g/mol. The lowest BCUT2D eigenvalue weighted by Crippen LogP contribution is -2.23. The second kappa shape index (κ2) is 7.51. The molecular weight excluding hydrogens is 379 g/mol. The summed E-state index contributed by atoms with van der Waals surface area (Å²) in [7, 11) is 0. The fourth-order valence-electron chi connectivity index (χ4n) is 2.36. The summed E-state index contributed by atoms with van der Waals surface area (Å²) in [4.78, 5) is 10.8. The van der Waals surface area contributed by atoms with E-state index in [1.165, 1.54) is 0 Å².